The minimum Gasteiger partial charge on any atom is -0.324 e. The van der Waals surface area contributed by atoms with Gasteiger partial charge in [0.15, 0.2) is 0 Å². The van der Waals surface area contributed by atoms with E-state index in [0.29, 0.717) is 12.6 Å². The Morgan fingerprint density at radius 1 is 1.53 bits per heavy atom. The highest BCUT2D eigenvalue weighted by atomic mass is 79.9. The number of nitrogens with one attached hydrogen (secondary N) is 2. The monoisotopic (exact) mass is 347 g/mol. The summed E-state index contributed by atoms with van der Waals surface area (Å²) in [7, 11) is 0. The van der Waals surface area contributed by atoms with Gasteiger partial charge in [0.25, 0.3) is 0 Å². The first kappa shape index (κ1) is 16.4. The average Bonchev–Trinajstić information content (AvgIpc) is 2.35. The Morgan fingerprint density at radius 2 is 2.26 bits per heavy atom. The van der Waals surface area contributed by atoms with Crippen LogP contribution in [0, 0.1) is 0 Å². The predicted octanol–water partition coefficient (Wildman–Crippen LogP) is 2.10. The van der Waals surface area contributed by atoms with Gasteiger partial charge >= 0.3 is 0 Å². The summed E-state index contributed by atoms with van der Waals surface area (Å²) in [5.74, 6) is 0.0376. The van der Waals surface area contributed by atoms with E-state index >= 15 is 0 Å². The summed E-state index contributed by atoms with van der Waals surface area (Å²) < 4.78 is 0.909. The summed E-state index contributed by atoms with van der Waals surface area (Å²) in [6.45, 7) is 5.40. The summed E-state index contributed by atoms with van der Waals surface area (Å²) in [6, 6.07) is 8.06. The molecule has 1 aromatic carbocycles. The van der Waals surface area contributed by atoms with E-state index in [2.05, 4.69) is 38.4 Å². The summed E-state index contributed by atoms with van der Waals surface area (Å²) in [5, 5.41) is 6.25. The van der Waals surface area contributed by atoms with Crippen molar-refractivity contribution in [2.24, 2.45) is 0 Å². The second-order valence-electron chi connectivity index (χ2n) is 4.55. The molecule has 106 valence electrons. The van der Waals surface area contributed by atoms with Gasteiger partial charge < -0.3 is 10.6 Å². The highest BCUT2D eigenvalue weighted by Crippen LogP contribution is 2.21. The van der Waals surface area contributed by atoms with Crippen molar-refractivity contribution in [2.75, 3.05) is 31.5 Å². The Kier molecular flexibility index (Phi) is 6.79. The summed E-state index contributed by atoms with van der Waals surface area (Å²) in [6.07, 6.45) is 0. The maximum atomic E-state index is 12.0. The standard InChI is InChI=1S/C13H18BrN3O.ClH/c1-10-8-15-6-7-17(10)9-13(18)16-12-5-3-2-4-11(12)14;/h2-5,10,15H,6-9H2,1H3,(H,16,18);1H/t10-;/m1./s1. The first-order valence-corrected chi connectivity index (χ1v) is 6.95. The fourth-order valence-electron chi connectivity index (χ4n) is 2.05. The molecule has 1 aliphatic rings. The fraction of sp³-hybridized carbons (Fsp3) is 0.462. The van der Waals surface area contributed by atoms with E-state index in [9.17, 15) is 4.79 Å². The lowest BCUT2D eigenvalue weighted by molar-refractivity contribution is -0.118. The Bertz CT molecular complexity index is 430. The van der Waals surface area contributed by atoms with Crippen LogP contribution < -0.4 is 10.6 Å². The van der Waals surface area contributed by atoms with E-state index < -0.39 is 0 Å². The molecule has 0 aliphatic carbocycles. The van der Waals surface area contributed by atoms with E-state index in [1.807, 2.05) is 24.3 Å². The molecule has 1 fully saturated rings. The van der Waals surface area contributed by atoms with Crippen molar-refractivity contribution in [3.8, 4) is 0 Å². The van der Waals surface area contributed by atoms with Crippen molar-refractivity contribution >= 4 is 39.9 Å². The number of benzene rings is 1. The lowest BCUT2D eigenvalue weighted by Crippen LogP contribution is -2.51. The lowest BCUT2D eigenvalue weighted by Gasteiger charge is -2.33. The van der Waals surface area contributed by atoms with Gasteiger partial charge in [0.1, 0.15) is 0 Å². The van der Waals surface area contributed by atoms with Gasteiger partial charge in [-0.2, -0.15) is 0 Å². The van der Waals surface area contributed by atoms with Gasteiger partial charge in [0, 0.05) is 30.1 Å². The molecule has 1 amide bonds. The van der Waals surface area contributed by atoms with Crippen LogP contribution in [0.5, 0.6) is 0 Å². The second-order valence-corrected chi connectivity index (χ2v) is 5.41. The first-order valence-electron chi connectivity index (χ1n) is 6.16. The number of halogens is 2. The number of rotatable bonds is 3. The topological polar surface area (TPSA) is 44.4 Å². The molecule has 2 N–H and O–H groups in total. The smallest absolute Gasteiger partial charge is 0.238 e. The van der Waals surface area contributed by atoms with Crippen LogP contribution in [0.15, 0.2) is 28.7 Å². The van der Waals surface area contributed by atoms with Crippen LogP contribution in [0.4, 0.5) is 5.69 Å². The first-order chi connectivity index (χ1) is 8.66. The molecule has 1 aromatic rings. The van der Waals surface area contributed by atoms with Crippen molar-refractivity contribution < 1.29 is 4.79 Å². The number of carbonyl (C=O) groups excluding carboxylic acids is 1. The lowest BCUT2D eigenvalue weighted by atomic mass is 10.2. The van der Waals surface area contributed by atoms with Crippen LogP contribution in [0.1, 0.15) is 6.92 Å². The van der Waals surface area contributed by atoms with Crippen molar-refractivity contribution in [3.05, 3.63) is 28.7 Å². The Hall–Kier alpha value is -0.620. The van der Waals surface area contributed by atoms with Crippen LogP contribution >= 0.6 is 28.3 Å². The molecule has 4 nitrogen and oxygen atoms in total. The van der Waals surface area contributed by atoms with Gasteiger partial charge in [0.05, 0.1) is 12.2 Å². The zero-order valence-electron chi connectivity index (χ0n) is 10.9. The van der Waals surface area contributed by atoms with Crippen LogP contribution in [-0.2, 0) is 4.79 Å². The van der Waals surface area contributed by atoms with Gasteiger partial charge in [-0.15, -0.1) is 12.4 Å². The molecular formula is C13H19BrClN3O. The van der Waals surface area contributed by atoms with Gasteiger partial charge in [-0.25, -0.2) is 0 Å². The van der Waals surface area contributed by atoms with E-state index in [1.165, 1.54) is 0 Å². The number of hydrogen-bond donors (Lipinski definition) is 2. The van der Waals surface area contributed by atoms with Gasteiger partial charge in [0.2, 0.25) is 5.91 Å². The number of nitrogens with zero attached hydrogens (tertiary/aromatic N) is 1. The second kappa shape index (κ2) is 7.85. The van der Waals surface area contributed by atoms with Crippen LogP contribution in [0.2, 0.25) is 0 Å². The molecule has 0 saturated carbocycles. The van der Waals surface area contributed by atoms with Crippen LogP contribution in [0.3, 0.4) is 0 Å². The van der Waals surface area contributed by atoms with E-state index in [4.69, 9.17) is 0 Å². The molecule has 1 atom stereocenters. The van der Waals surface area contributed by atoms with Gasteiger partial charge in [-0.1, -0.05) is 12.1 Å². The van der Waals surface area contributed by atoms with E-state index in [1.54, 1.807) is 0 Å². The maximum absolute atomic E-state index is 12.0. The molecule has 1 heterocycles. The molecule has 0 bridgehead atoms. The molecule has 6 heteroatoms. The largest absolute Gasteiger partial charge is 0.324 e. The zero-order chi connectivity index (χ0) is 13.0. The third kappa shape index (κ3) is 4.76. The molecule has 2 rings (SSSR count). The Balaban J connectivity index is 0.00000180. The van der Waals surface area contributed by atoms with Crippen molar-refractivity contribution in [1.82, 2.24) is 10.2 Å². The molecular weight excluding hydrogens is 330 g/mol. The predicted molar refractivity (Wildman–Crippen MR) is 83.9 cm³/mol. The molecule has 0 spiro atoms. The van der Waals surface area contributed by atoms with Crippen LogP contribution in [0.25, 0.3) is 0 Å². The highest BCUT2D eigenvalue weighted by Gasteiger charge is 2.20. The summed E-state index contributed by atoms with van der Waals surface area (Å²) in [4.78, 5) is 14.2. The minimum atomic E-state index is 0. The molecule has 19 heavy (non-hydrogen) atoms. The number of carbonyl (C=O) groups is 1. The van der Waals surface area contributed by atoms with Gasteiger partial charge in [-0.05, 0) is 35.0 Å². The Morgan fingerprint density at radius 3 is 2.95 bits per heavy atom. The van der Waals surface area contributed by atoms with Crippen molar-refractivity contribution in [1.29, 1.82) is 0 Å². The number of amides is 1. The zero-order valence-corrected chi connectivity index (χ0v) is 13.3. The van der Waals surface area contributed by atoms with E-state index in [0.717, 1.165) is 29.8 Å². The number of piperazine rings is 1. The number of hydrogen-bond acceptors (Lipinski definition) is 3. The van der Waals surface area contributed by atoms with Crippen molar-refractivity contribution in [2.45, 2.75) is 13.0 Å². The molecule has 1 saturated heterocycles. The molecule has 0 aromatic heterocycles. The SMILES string of the molecule is C[C@@H]1CNCCN1CC(=O)Nc1ccccc1Br.Cl. The average molecular weight is 349 g/mol. The highest BCUT2D eigenvalue weighted by molar-refractivity contribution is 9.10. The molecule has 0 radical (unpaired) electrons. The molecule has 1 aliphatic heterocycles. The minimum absolute atomic E-state index is 0. The number of anilines is 1. The number of para-hydroxylation sites is 1. The van der Waals surface area contributed by atoms with Gasteiger partial charge in [-0.3, -0.25) is 9.69 Å². The Labute approximate surface area is 128 Å². The third-order valence-corrected chi connectivity index (χ3v) is 3.83. The quantitative estimate of drug-likeness (QED) is 0.879. The fourth-order valence-corrected chi connectivity index (χ4v) is 2.44. The van der Waals surface area contributed by atoms with Crippen LogP contribution in [-0.4, -0.2) is 43.0 Å². The normalized spacial score (nSPS) is 19.6. The van der Waals surface area contributed by atoms with E-state index in [-0.39, 0.29) is 18.3 Å². The molecule has 0 unspecified atom stereocenters. The summed E-state index contributed by atoms with van der Waals surface area (Å²) >= 11 is 3.42. The van der Waals surface area contributed by atoms with Crippen molar-refractivity contribution in [3.63, 3.8) is 0 Å². The summed E-state index contributed by atoms with van der Waals surface area (Å²) in [5.41, 5.74) is 0.824. The third-order valence-electron chi connectivity index (χ3n) is 3.13. The maximum Gasteiger partial charge on any atom is 0.238 e.